The summed E-state index contributed by atoms with van der Waals surface area (Å²) >= 11 is 5.90. The van der Waals surface area contributed by atoms with Crippen LogP contribution < -0.4 is 9.47 Å². The van der Waals surface area contributed by atoms with Crippen LogP contribution >= 0.6 is 11.6 Å². The predicted molar refractivity (Wildman–Crippen MR) is 77.1 cm³/mol. The van der Waals surface area contributed by atoms with E-state index in [1.807, 2.05) is 36.4 Å². The van der Waals surface area contributed by atoms with Crippen LogP contribution in [0.4, 0.5) is 0 Å². The van der Waals surface area contributed by atoms with Crippen molar-refractivity contribution < 1.29 is 9.47 Å². The Kier molecular flexibility index (Phi) is 3.56. The molecule has 1 aliphatic rings. The summed E-state index contributed by atoms with van der Waals surface area (Å²) in [7, 11) is 1.64. The first-order valence-electron chi connectivity index (χ1n) is 6.25. The van der Waals surface area contributed by atoms with Crippen LogP contribution in [0.25, 0.3) is 6.08 Å². The van der Waals surface area contributed by atoms with Crippen LogP contribution in [0.3, 0.4) is 0 Å². The minimum Gasteiger partial charge on any atom is -0.497 e. The molecule has 1 aromatic carbocycles. The molecular formula is C15H13ClN2O2. The van der Waals surface area contributed by atoms with Gasteiger partial charge in [-0.1, -0.05) is 24.3 Å². The molecule has 0 N–H and O–H groups in total. The highest BCUT2D eigenvalue weighted by atomic mass is 35.5. The van der Waals surface area contributed by atoms with Crippen molar-refractivity contribution in [2.45, 2.75) is 13.0 Å². The highest BCUT2D eigenvalue weighted by Crippen LogP contribution is 2.28. The number of methoxy groups -OCH3 is 1. The number of benzene rings is 1. The molecule has 4 nitrogen and oxygen atoms in total. The normalized spacial score (nSPS) is 12.3. The molecule has 0 bridgehead atoms. The minimum atomic E-state index is 0.220. The molecule has 0 radical (unpaired) electrons. The maximum Gasteiger partial charge on any atom is 0.225 e. The van der Waals surface area contributed by atoms with E-state index in [4.69, 9.17) is 21.1 Å². The average molecular weight is 289 g/mol. The molecular weight excluding hydrogens is 276 g/mol. The van der Waals surface area contributed by atoms with Gasteiger partial charge in [-0.05, 0) is 29.3 Å². The van der Waals surface area contributed by atoms with Gasteiger partial charge in [-0.15, -0.1) is 0 Å². The zero-order valence-electron chi connectivity index (χ0n) is 11.0. The van der Waals surface area contributed by atoms with Gasteiger partial charge in [0.1, 0.15) is 12.4 Å². The molecule has 0 fully saturated rings. The zero-order valence-corrected chi connectivity index (χ0v) is 11.7. The molecule has 1 aliphatic carbocycles. The number of ether oxygens (including phenoxy) is 2. The summed E-state index contributed by atoms with van der Waals surface area (Å²) in [4.78, 5) is 8.34. The summed E-state index contributed by atoms with van der Waals surface area (Å²) in [6.45, 7) is 0.428. The van der Waals surface area contributed by atoms with Crippen LogP contribution in [0.5, 0.6) is 11.6 Å². The number of hydrogen-bond donors (Lipinski definition) is 0. The topological polar surface area (TPSA) is 44.2 Å². The number of halogens is 1. The Labute approximate surface area is 122 Å². The molecule has 0 spiro atoms. The quantitative estimate of drug-likeness (QED) is 0.810. The van der Waals surface area contributed by atoms with Crippen molar-refractivity contribution in [3.63, 3.8) is 0 Å². The molecule has 0 saturated carbocycles. The highest BCUT2D eigenvalue weighted by Gasteiger charge is 2.15. The van der Waals surface area contributed by atoms with Crippen molar-refractivity contribution in [1.82, 2.24) is 9.97 Å². The number of fused-ring (bicyclic) bond motifs is 1. The molecule has 1 heterocycles. The lowest BCUT2D eigenvalue weighted by Crippen LogP contribution is -2.02. The van der Waals surface area contributed by atoms with E-state index in [9.17, 15) is 0 Å². The number of nitrogens with zero attached hydrogens (tertiary/aromatic N) is 2. The van der Waals surface area contributed by atoms with Crippen LogP contribution in [0.15, 0.2) is 30.3 Å². The summed E-state index contributed by atoms with van der Waals surface area (Å²) in [6.07, 6.45) is 4.77. The fraction of sp³-hybridized carbons (Fsp3) is 0.200. The minimum absolute atomic E-state index is 0.220. The largest absolute Gasteiger partial charge is 0.497 e. The third-order valence-corrected chi connectivity index (χ3v) is 3.26. The molecule has 0 saturated heterocycles. The van der Waals surface area contributed by atoms with Gasteiger partial charge < -0.3 is 9.47 Å². The van der Waals surface area contributed by atoms with E-state index in [2.05, 4.69) is 9.97 Å². The number of rotatable bonds is 4. The molecule has 0 unspecified atom stereocenters. The third-order valence-electron chi connectivity index (χ3n) is 3.09. The van der Waals surface area contributed by atoms with Crippen molar-refractivity contribution in [2.24, 2.45) is 0 Å². The first-order chi connectivity index (χ1) is 9.76. The van der Waals surface area contributed by atoms with Gasteiger partial charge in [0.2, 0.25) is 11.2 Å². The first kappa shape index (κ1) is 12.9. The van der Waals surface area contributed by atoms with E-state index in [1.54, 1.807) is 7.11 Å². The Morgan fingerprint density at radius 3 is 2.75 bits per heavy atom. The van der Waals surface area contributed by atoms with Gasteiger partial charge in [-0.3, -0.25) is 0 Å². The van der Waals surface area contributed by atoms with E-state index in [-0.39, 0.29) is 5.28 Å². The van der Waals surface area contributed by atoms with Crippen molar-refractivity contribution in [1.29, 1.82) is 0 Å². The van der Waals surface area contributed by atoms with E-state index < -0.39 is 0 Å². The second-order valence-electron chi connectivity index (χ2n) is 4.40. The van der Waals surface area contributed by atoms with Gasteiger partial charge in [-0.2, -0.15) is 4.98 Å². The predicted octanol–water partition coefficient (Wildman–Crippen LogP) is 3.29. The maximum absolute atomic E-state index is 5.90. The van der Waals surface area contributed by atoms with E-state index in [1.165, 1.54) is 0 Å². The third kappa shape index (κ3) is 2.60. The Balaban J connectivity index is 1.76. The molecule has 5 heteroatoms. The smallest absolute Gasteiger partial charge is 0.225 e. The van der Waals surface area contributed by atoms with Crippen molar-refractivity contribution in [3.8, 4) is 11.6 Å². The summed E-state index contributed by atoms with van der Waals surface area (Å²) in [6, 6.07) is 7.71. The average Bonchev–Trinajstić information content (AvgIpc) is 2.93. The van der Waals surface area contributed by atoms with E-state index in [0.717, 1.165) is 29.0 Å². The zero-order chi connectivity index (χ0) is 13.9. The molecule has 20 heavy (non-hydrogen) atoms. The summed E-state index contributed by atoms with van der Waals surface area (Å²) in [5.41, 5.74) is 2.87. The maximum atomic E-state index is 5.90. The van der Waals surface area contributed by atoms with Gasteiger partial charge in [-0.25, -0.2) is 4.98 Å². The fourth-order valence-electron chi connectivity index (χ4n) is 2.06. The lowest BCUT2D eigenvalue weighted by atomic mass is 10.2. The Bertz CT molecular complexity index is 654. The molecule has 1 aromatic heterocycles. The van der Waals surface area contributed by atoms with Crippen LogP contribution in [-0.2, 0) is 13.0 Å². The van der Waals surface area contributed by atoms with Gasteiger partial charge in [0.05, 0.1) is 18.4 Å². The van der Waals surface area contributed by atoms with Crippen LogP contribution in [0.1, 0.15) is 16.8 Å². The van der Waals surface area contributed by atoms with Crippen LogP contribution in [0.2, 0.25) is 5.28 Å². The van der Waals surface area contributed by atoms with Crippen LogP contribution in [0, 0.1) is 0 Å². The Morgan fingerprint density at radius 1 is 1.20 bits per heavy atom. The second kappa shape index (κ2) is 5.51. The molecule has 102 valence electrons. The van der Waals surface area contributed by atoms with E-state index >= 15 is 0 Å². The first-order valence-corrected chi connectivity index (χ1v) is 6.63. The van der Waals surface area contributed by atoms with Crippen molar-refractivity contribution in [2.75, 3.05) is 7.11 Å². The molecule has 0 aliphatic heterocycles. The van der Waals surface area contributed by atoms with Gasteiger partial charge in [0, 0.05) is 6.42 Å². The Hall–Kier alpha value is -2.07. The summed E-state index contributed by atoms with van der Waals surface area (Å²) in [5, 5.41) is 0.220. The fourth-order valence-corrected chi connectivity index (χ4v) is 2.24. The van der Waals surface area contributed by atoms with Gasteiger partial charge in [0.15, 0.2) is 0 Å². The number of aromatic nitrogens is 2. The van der Waals surface area contributed by atoms with Crippen molar-refractivity contribution in [3.05, 3.63) is 52.4 Å². The summed E-state index contributed by atoms with van der Waals surface area (Å²) in [5.74, 6) is 1.35. The standard InChI is InChI=1S/C15H13ClN2O2/c1-19-11-7-5-10(6-8-11)9-20-14-12-3-2-4-13(12)17-15(16)18-14/h2-3,5-8H,4,9H2,1H3. The monoisotopic (exact) mass is 288 g/mol. The molecule has 3 rings (SSSR count). The number of hydrogen-bond acceptors (Lipinski definition) is 4. The Morgan fingerprint density at radius 2 is 2.00 bits per heavy atom. The molecule has 0 atom stereocenters. The second-order valence-corrected chi connectivity index (χ2v) is 4.74. The van der Waals surface area contributed by atoms with Gasteiger partial charge >= 0.3 is 0 Å². The molecule has 0 amide bonds. The molecule has 2 aromatic rings. The lowest BCUT2D eigenvalue weighted by Gasteiger charge is -2.09. The van der Waals surface area contributed by atoms with Crippen LogP contribution in [-0.4, -0.2) is 17.1 Å². The number of allylic oxidation sites excluding steroid dienone is 1. The summed E-state index contributed by atoms with van der Waals surface area (Å²) < 4.78 is 10.9. The van der Waals surface area contributed by atoms with Crippen molar-refractivity contribution >= 4 is 17.7 Å². The lowest BCUT2D eigenvalue weighted by molar-refractivity contribution is 0.292. The van der Waals surface area contributed by atoms with E-state index in [0.29, 0.717) is 12.5 Å². The van der Waals surface area contributed by atoms with Gasteiger partial charge in [0.25, 0.3) is 0 Å². The SMILES string of the molecule is COc1ccc(COc2nc(Cl)nc3c2C=CC3)cc1. The highest BCUT2D eigenvalue weighted by molar-refractivity contribution is 6.28.